The minimum absolute atomic E-state index is 0.212. The molecule has 190 valence electrons. The summed E-state index contributed by atoms with van der Waals surface area (Å²) in [6, 6.07) is 8.54. The van der Waals surface area contributed by atoms with Crippen molar-refractivity contribution in [1.29, 1.82) is 0 Å². The summed E-state index contributed by atoms with van der Waals surface area (Å²) in [5.41, 5.74) is 1.13. The van der Waals surface area contributed by atoms with Crippen LogP contribution in [0.1, 0.15) is 25.8 Å². The first-order valence-electron chi connectivity index (χ1n) is 11.4. The van der Waals surface area contributed by atoms with Crippen LogP contribution in [-0.2, 0) is 9.59 Å². The summed E-state index contributed by atoms with van der Waals surface area (Å²) >= 11 is 4.28. The molecular formula is C25H25BrN2O7S. The van der Waals surface area contributed by atoms with Gasteiger partial charge in [0, 0.05) is 11.8 Å². The quantitative estimate of drug-likeness (QED) is 0.412. The van der Waals surface area contributed by atoms with Gasteiger partial charge < -0.3 is 24.3 Å². The molecule has 1 fully saturated rings. The molecule has 2 heterocycles. The van der Waals surface area contributed by atoms with Gasteiger partial charge in [-0.15, -0.1) is 0 Å². The number of imide groups is 1. The van der Waals surface area contributed by atoms with Crippen LogP contribution in [0.5, 0.6) is 23.0 Å². The number of carbonyl (C=O) groups excluding carboxylic acids is 3. The third-order valence-corrected chi connectivity index (χ3v) is 6.58. The first-order chi connectivity index (χ1) is 17.4. The van der Waals surface area contributed by atoms with Crippen LogP contribution in [0.2, 0.25) is 0 Å². The topological polar surface area (TPSA) is 103 Å². The number of rotatable bonds is 9. The zero-order valence-corrected chi connectivity index (χ0v) is 22.2. The summed E-state index contributed by atoms with van der Waals surface area (Å²) < 4.78 is 23.2. The van der Waals surface area contributed by atoms with E-state index in [0.717, 1.165) is 23.1 Å². The number of hydrogen-bond donors (Lipinski definition) is 1. The molecule has 9 nitrogen and oxygen atoms in total. The van der Waals surface area contributed by atoms with Crippen molar-refractivity contribution in [2.75, 3.05) is 38.3 Å². The van der Waals surface area contributed by atoms with Crippen molar-refractivity contribution in [3.8, 4) is 23.0 Å². The smallest absolute Gasteiger partial charge is 0.294 e. The third-order valence-electron chi connectivity index (χ3n) is 5.08. The molecule has 36 heavy (non-hydrogen) atoms. The van der Waals surface area contributed by atoms with Crippen molar-refractivity contribution in [3.05, 3.63) is 45.3 Å². The van der Waals surface area contributed by atoms with Crippen LogP contribution in [0.4, 0.5) is 10.5 Å². The molecule has 0 unspecified atom stereocenters. The molecule has 2 aliphatic rings. The lowest BCUT2D eigenvalue weighted by atomic mass is 10.2. The average Bonchev–Trinajstić information content (AvgIpc) is 3.11. The molecule has 0 radical (unpaired) electrons. The Hall–Kier alpha value is -3.18. The van der Waals surface area contributed by atoms with Gasteiger partial charge in [0.05, 0.1) is 22.6 Å². The second-order valence-electron chi connectivity index (χ2n) is 7.79. The predicted molar refractivity (Wildman–Crippen MR) is 140 cm³/mol. The number of hydrogen-bond acceptors (Lipinski definition) is 8. The summed E-state index contributed by atoms with van der Waals surface area (Å²) in [6.07, 6.45) is 2.44. The molecule has 3 amide bonds. The molecule has 11 heteroatoms. The Bertz CT molecular complexity index is 1220. The van der Waals surface area contributed by atoms with Gasteiger partial charge in [-0.2, -0.15) is 0 Å². The largest absolute Gasteiger partial charge is 0.490 e. The highest BCUT2D eigenvalue weighted by Gasteiger charge is 2.36. The number of anilines is 1. The Balaban J connectivity index is 1.46. The summed E-state index contributed by atoms with van der Waals surface area (Å²) in [4.78, 5) is 39.2. The normalized spacial score (nSPS) is 15.9. The highest BCUT2D eigenvalue weighted by Crippen LogP contribution is 2.39. The Morgan fingerprint density at radius 3 is 2.67 bits per heavy atom. The monoisotopic (exact) mass is 576 g/mol. The maximum Gasteiger partial charge on any atom is 0.294 e. The second kappa shape index (κ2) is 11.7. The number of benzene rings is 2. The van der Waals surface area contributed by atoms with Gasteiger partial charge >= 0.3 is 0 Å². The van der Waals surface area contributed by atoms with Crippen LogP contribution in [0.25, 0.3) is 6.08 Å². The molecule has 2 aliphatic heterocycles. The minimum atomic E-state index is -0.539. The molecular weight excluding hydrogens is 552 g/mol. The molecule has 0 spiro atoms. The zero-order chi connectivity index (χ0) is 25.7. The molecule has 1 N–H and O–H groups in total. The van der Waals surface area contributed by atoms with Gasteiger partial charge in [0.15, 0.2) is 23.0 Å². The summed E-state index contributed by atoms with van der Waals surface area (Å²) in [5.74, 6) is 1.19. The van der Waals surface area contributed by atoms with E-state index in [4.69, 9.17) is 18.9 Å². The number of thioether (sulfide) groups is 1. The van der Waals surface area contributed by atoms with Gasteiger partial charge in [-0.3, -0.25) is 19.3 Å². The SMILES string of the molecule is CCCOc1c(Br)cc(/C=C2\SC(=O)N(CC(=O)Nc3ccc4c(c3)OCCO4)C2=O)cc1OCC. The number of nitrogens with one attached hydrogen (secondary N) is 1. The summed E-state index contributed by atoms with van der Waals surface area (Å²) in [5, 5.41) is 2.17. The molecule has 1 saturated heterocycles. The second-order valence-corrected chi connectivity index (χ2v) is 9.63. The van der Waals surface area contributed by atoms with Crippen molar-refractivity contribution in [2.45, 2.75) is 20.3 Å². The molecule has 2 aromatic rings. The van der Waals surface area contributed by atoms with Gasteiger partial charge in [0.25, 0.3) is 11.1 Å². The van der Waals surface area contributed by atoms with Gasteiger partial charge in [-0.1, -0.05) is 6.92 Å². The molecule has 0 aliphatic carbocycles. The highest BCUT2D eigenvalue weighted by molar-refractivity contribution is 9.10. The number of amides is 3. The Morgan fingerprint density at radius 1 is 1.14 bits per heavy atom. The lowest BCUT2D eigenvalue weighted by Crippen LogP contribution is -2.36. The number of nitrogens with zero attached hydrogens (tertiary/aromatic N) is 1. The molecule has 0 bridgehead atoms. The Labute approximate surface area is 221 Å². The van der Waals surface area contributed by atoms with Crippen LogP contribution in [0.15, 0.2) is 39.7 Å². The predicted octanol–water partition coefficient (Wildman–Crippen LogP) is 5.08. The van der Waals surface area contributed by atoms with Crippen LogP contribution >= 0.6 is 27.7 Å². The van der Waals surface area contributed by atoms with Gasteiger partial charge in [0.1, 0.15) is 19.8 Å². The summed E-state index contributed by atoms with van der Waals surface area (Å²) in [6.45, 7) is 5.32. The van der Waals surface area contributed by atoms with Crippen molar-refractivity contribution in [3.63, 3.8) is 0 Å². The molecule has 0 aromatic heterocycles. The number of ether oxygens (including phenoxy) is 4. The van der Waals surface area contributed by atoms with E-state index in [0.29, 0.717) is 65.1 Å². The average molecular weight is 577 g/mol. The number of fused-ring (bicyclic) bond motifs is 1. The van der Waals surface area contributed by atoms with Crippen molar-refractivity contribution < 1.29 is 33.3 Å². The maximum absolute atomic E-state index is 12.9. The Kier molecular flexibility index (Phi) is 8.42. The van der Waals surface area contributed by atoms with E-state index in [1.54, 1.807) is 36.4 Å². The van der Waals surface area contributed by atoms with Crippen molar-refractivity contribution in [2.24, 2.45) is 0 Å². The van der Waals surface area contributed by atoms with Gasteiger partial charge in [-0.05, 0) is 76.9 Å². The molecule has 2 aromatic carbocycles. The maximum atomic E-state index is 12.9. The standard InChI is InChI=1S/C25H25BrN2O7S/c1-3-7-35-23-17(26)10-15(11-20(23)32-4-2)12-21-24(30)28(25(31)36-21)14-22(29)27-16-5-6-18-19(13-16)34-9-8-33-18/h5-6,10-13H,3-4,7-9,14H2,1-2H3,(H,27,29)/b21-12-. The number of carbonyl (C=O) groups is 3. The van der Waals surface area contributed by atoms with Crippen LogP contribution in [0, 0.1) is 0 Å². The fourth-order valence-electron chi connectivity index (χ4n) is 3.53. The molecule has 0 atom stereocenters. The Morgan fingerprint density at radius 2 is 1.92 bits per heavy atom. The van der Waals surface area contributed by atoms with Crippen LogP contribution in [-0.4, -0.2) is 54.9 Å². The zero-order valence-electron chi connectivity index (χ0n) is 19.8. The van der Waals surface area contributed by atoms with E-state index in [2.05, 4.69) is 21.2 Å². The highest BCUT2D eigenvalue weighted by atomic mass is 79.9. The lowest BCUT2D eigenvalue weighted by Gasteiger charge is -2.19. The van der Waals surface area contributed by atoms with E-state index in [9.17, 15) is 14.4 Å². The van der Waals surface area contributed by atoms with Crippen LogP contribution in [0.3, 0.4) is 0 Å². The first-order valence-corrected chi connectivity index (χ1v) is 13.0. The minimum Gasteiger partial charge on any atom is -0.490 e. The fourth-order valence-corrected chi connectivity index (χ4v) is 4.94. The van der Waals surface area contributed by atoms with E-state index in [-0.39, 0.29) is 4.91 Å². The van der Waals surface area contributed by atoms with Crippen molar-refractivity contribution in [1.82, 2.24) is 4.90 Å². The third kappa shape index (κ3) is 5.96. The summed E-state index contributed by atoms with van der Waals surface area (Å²) in [7, 11) is 0. The van der Waals surface area contributed by atoms with E-state index in [1.165, 1.54) is 0 Å². The van der Waals surface area contributed by atoms with Gasteiger partial charge in [0.2, 0.25) is 5.91 Å². The fraction of sp³-hybridized carbons (Fsp3) is 0.320. The van der Waals surface area contributed by atoms with E-state index in [1.807, 2.05) is 13.8 Å². The number of halogens is 1. The van der Waals surface area contributed by atoms with Gasteiger partial charge in [-0.25, -0.2) is 0 Å². The van der Waals surface area contributed by atoms with E-state index < -0.39 is 23.6 Å². The first kappa shape index (κ1) is 25.9. The van der Waals surface area contributed by atoms with E-state index >= 15 is 0 Å². The van der Waals surface area contributed by atoms with Crippen LogP contribution < -0.4 is 24.3 Å². The molecule has 4 rings (SSSR count). The van der Waals surface area contributed by atoms with Crippen molar-refractivity contribution >= 4 is 56.5 Å². The molecule has 0 saturated carbocycles. The lowest BCUT2D eigenvalue weighted by molar-refractivity contribution is -0.127.